The summed E-state index contributed by atoms with van der Waals surface area (Å²) in [5.41, 5.74) is 7.11. The van der Waals surface area contributed by atoms with E-state index in [0.29, 0.717) is 0 Å². The van der Waals surface area contributed by atoms with Gasteiger partial charge in [0, 0.05) is 54.2 Å². The van der Waals surface area contributed by atoms with E-state index in [1.54, 1.807) is 0 Å². The smallest absolute Gasteiger partial charge is 0.148 e. The van der Waals surface area contributed by atoms with E-state index in [1.807, 2.05) is 41.8 Å². The van der Waals surface area contributed by atoms with Crippen molar-refractivity contribution in [2.24, 2.45) is 9.98 Å². The van der Waals surface area contributed by atoms with E-state index < -0.39 is 0 Å². The third-order valence-electron chi connectivity index (χ3n) is 8.79. The lowest BCUT2D eigenvalue weighted by molar-refractivity contribution is 0.578. The fourth-order valence-corrected chi connectivity index (χ4v) is 7.81. The number of hydrogen-bond acceptors (Lipinski definition) is 5. The first kappa shape index (κ1) is 25.3. The number of nitrogens with one attached hydrogen (secondary N) is 2. The van der Waals surface area contributed by atoms with Crippen LogP contribution in [-0.4, -0.2) is 16.6 Å². The van der Waals surface area contributed by atoms with Crippen LogP contribution in [0, 0.1) is 0 Å². The highest BCUT2D eigenvalue weighted by molar-refractivity contribution is 7.25. The van der Waals surface area contributed by atoms with Crippen molar-refractivity contribution in [3.05, 3.63) is 149 Å². The van der Waals surface area contributed by atoms with Gasteiger partial charge in [-0.05, 0) is 48.8 Å². The first-order chi connectivity index (χ1) is 21.8. The number of nitrogens with zero attached hydrogens (tertiary/aromatic N) is 3. The molecule has 0 bridgehead atoms. The van der Waals surface area contributed by atoms with Crippen LogP contribution < -0.4 is 10.6 Å². The van der Waals surface area contributed by atoms with E-state index in [0.717, 1.165) is 41.2 Å². The van der Waals surface area contributed by atoms with Crippen LogP contribution in [0.3, 0.4) is 0 Å². The summed E-state index contributed by atoms with van der Waals surface area (Å²) >= 11 is 1.87. The second kappa shape index (κ2) is 10.2. The second-order valence-corrected chi connectivity index (χ2v) is 12.5. The maximum Gasteiger partial charge on any atom is 0.148 e. The first-order valence-corrected chi connectivity index (χ1v) is 15.9. The standard InChI is InChI=1S/C38H29N5S/c1-3-11-24(12-4-1)36-40-37(25-13-5-2-6-14-25)42-38(41-36)26-19-20-35(39-23-26)43-31-17-9-7-15-27(31)29-21-30-28-16-8-10-18-33(28)44-34(30)22-32(29)43/h1-8,10-16,18-23,35-36,41H,9,17H2,(H,40,42). The lowest BCUT2D eigenvalue weighted by Gasteiger charge is -2.29. The molecule has 0 saturated heterocycles. The Morgan fingerprint density at radius 3 is 2.45 bits per heavy atom. The van der Waals surface area contributed by atoms with Gasteiger partial charge in [-0.1, -0.05) is 91.0 Å². The van der Waals surface area contributed by atoms with Gasteiger partial charge in [-0.25, -0.2) is 4.99 Å². The summed E-state index contributed by atoms with van der Waals surface area (Å²) in [6.07, 6.45) is 12.8. The van der Waals surface area contributed by atoms with Gasteiger partial charge in [0.1, 0.15) is 24.0 Å². The Kier molecular flexibility index (Phi) is 5.87. The molecule has 2 aromatic heterocycles. The zero-order chi connectivity index (χ0) is 29.0. The number of hydrogen-bond donors (Lipinski definition) is 2. The minimum atomic E-state index is -0.203. The molecule has 2 unspecified atom stereocenters. The van der Waals surface area contributed by atoms with Gasteiger partial charge in [0.25, 0.3) is 0 Å². The summed E-state index contributed by atoms with van der Waals surface area (Å²) in [5.74, 6) is 1.75. The quantitative estimate of drug-likeness (QED) is 0.218. The molecule has 212 valence electrons. The summed E-state index contributed by atoms with van der Waals surface area (Å²) in [4.78, 5) is 10.2. The first-order valence-electron chi connectivity index (χ1n) is 15.1. The topological polar surface area (TPSA) is 53.7 Å². The number of amidine groups is 1. The molecule has 0 fully saturated rings. The van der Waals surface area contributed by atoms with Crippen molar-refractivity contribution in [2.75, 3.05) is 0 Å². The predicted octanol–water partition coefficient (Wildman–Crippen LogP) is 8.66. The van der Waals surface area contributed by atoms with E-state index in [4.69, 9.17) is 9.98 Å². The number of fused-ring (bicyclic) bond motifs is 6. The Balaban J connectivity index is 1.12. The highest BCUT2D eigenvalue weighted by atomic mass is 32.1. The highest BCUT2D eigenvalue weighted by Crippen LogP contribution is 2.42. The molecule has 0 spiro atoms. The van der Waals surface area contributed by atoms with E-state index in [2.05, 4.69) is 112 Å². The van der Waals surface area contributed by atoms with Crippen LogP contribution in [-0.2, 0) is 6.42 Å². The summed E-state index contributed by atoms with van der Waals surface area (Å²) in [5, 5.41) is 11.2. The Bertz CT molecular complexity index is 2220. The average Bonchev–Trinajstić information content (AvgIpc) is 3.62. The van der Waals surface area contributed by atoms with Gasteiger partial charge in [0.15, 0.2) is 0 Å². The Hall–Kier alpha value is -5.20. The molecule has 6 heteroatoms. The number of rotatable bonds is 3. The molecule has 0 radical (unpaired) electrons. The number of benzene rings is 4. The summed E-state index contributed by atoms with van der Waals surface area (Å²) < 4.78 is 5.11. The highest BCUT2D eigenvalue weighted by Gasteiger charge is 2.26. The Morgan fingerprint density at radius 1 is 0.795 bits per heavy atom. The van der Waals surface area contributed by atoms with Crippen LogP contribution >= 0.6 is 11.3 Å². The van der Waals surface area contributed by atoms with Gasteiger partial charge >= 0.3 is 0 Å². The van der Waals surface area contributed by atoms with Crippen molar-refractivity contribution >= 4 is 60.5 Å². The number of dihydropyridines is 1. The molecule has 3 aliphatic rings. The molecule has 2 N–H and O–H groups in total. The maximum absolute atomic E-state index is 5.16. The lowest BCUT2D eigenvalue weighted by Crippen LogP contribution is -2.41. The molecule has 4 heterocycles. The molecule has 1 aliphatic carbocycles. The molecule has 2 atom stereocenters. The molecule has 9 rings (SSSR count). The second-order valence-electron chi connectivity index (χ2n) is 11.4. The molecule has 5 nitrogen and oxygen atoms in total. The molecule has 2 aliphatic heterocycles. The van der Waals surface area contributed by atoms with Crippen molar-refractivity contribution in [3.8, 4) is 0 Å². The monoisotopic (exact) mass is 587 g/mol. The molecule has 44 heavy (non-hydrogen) atoms. The molecule has 0 amide bonds. The average molecular weight is 588 g/mol. The molecule has 0 saturated carbocycles. The van der Waals surface area contributed by atoms with Crippen LogP contribution in [0.5, 0.6) is 0 Å². The third-order valence-corrected chi connectivity index (χ3v) is 9.93. The fraction of sp³-hybridized carbons (Fsp3) is 0.105. The lowest BCUT2D eigenvalue weighted by atomic mass is 10.0. The van der Waals surface area contributed by atoms with Crippen molar-refractivity contribution in [3.63, 3.8) is 0 Å². The maximum atomic E-state index is 5.16. The van der Waals surface area contributed by atoms with E-state index in [-0.39, 0.29) is 12.3 Å². The van der Waals surface area contributed by atoms with Gasteiger partial charge in [-0.2, -0.15) is 0 Å². The molecule has 6 aromatic rings. The van der Waals surface area contributed by atoms with Crippen LogP contribution in [0.25, 0.3) is 37.2 Å². The summed E-state index contributed by atoms with van der Waals surface area (Å²) in [6.45, 7) is 0. The number of thiophene rings is 1. The van der Waals surface area contributed by atoms with Crippen molar-refractivity contribution in [2.45, 2.75) is 25.2 Å². The number of aliphatic imine (C=N–C) groups is 2. The predicted molar refractivity (Wildman–Crippen MR) is 184 cm³/mol. The van der Waals surface area contributed by atoms with E-state index in [9.17, 15) is 0 Å². The van der Waals surface area contributed by atoms with Crippen molar-refractivity contribution in [1.82, 2.24) is 15.2 Å². The minimum Gasteiger partial charge on any atom is -0.346 e. The molecular weight excluding hydrogens is 559 g/mol. The van der Waals surface area contributed by atoms with Crippen LogP contribution in [0.4, 0.5) is 0 Å². The van der Waals surface area contributed by atoms with Crippen molar-refractivity contribution in [1.29, 1.82) is 0 Å². The summed E-state index contributed by atoms with van der Waals surface area (Å²) in [7, 11) is 0. The largest absolute Gasteiger partial charge is 0.346 e. The number of allylic oxidation sites excluding steroid dienone is 3. The Morgan fingerprint density at radius 2 is 1.61 bits per heavy atom. The van der Waals surface area contributed by atoms with Gasteiger partial charge < -0.3 is 15.2 Å². The third kappa shape index (κ3) is 4.13. The van der Waals surface area contributed by atoms with Gasteiger partial charge in [-0.15, -0.1) is 11.3 Å². The normalized spacial score (nSPS) is 21.0. The zero-order valence-corrected chi connectivity index (χ0v) is 24.8. The fourth-order valence-electron chi connectivity index (χ4n) is 6.69. The molecule has 4 aromatic carbocycles. The summed E-state index contributed by atoms with van der Waals surface area (Å²) in [6, 6.07) is 34.2. The van der Waals surface area contributed by atoms with Crippen LogP contribution in [0.2, 0.25) is 0 Å². The van der Waals surface area contributed by atoms with Crippen LogP contribution in [0.15, 0.2) is 137 Å². The van der Waals surface area contributed by atoms with E-state index >= 15 is 0 Å². The van der Waals surface area contributed by atoms with E-state index in [1.165, 1.54) is 42.3 Å². The van der Waals surface area contributed by atoms with Gasteiger partial charge in [0.05, 0.1) is 5.52 Å². The van der Waals surface area contributed by atoms with Crippen molar-refractivity contribution < 1.29 is 0 Å². The van der Waals surface area contributed by atoms with Gasteiger partial charge in [0.2, 0.25) is 0 Å². The number of aromatic nitrogens is 1. The molecular formula is C38H29N5S. The zero-order valence-electron chi connectivity index (χ0n) is 23.9. The SMILES string of the molecule is C1=Cc2c(n(C3C=CC(=C4NC(c5ccccc5)=NC(c5ccccc5)N4)C=N3)c3cc4sc5ccccc5c4cc23)CC1. The van der Waals surface area contributed by atoms with Gasteiger partial charge in [-0.3, -0.25) is 4.99 Å². The minimum absolute atomic E-state index is 0.111. The van der Waals surface area contributed by atoms with Crippen LogP contribution in [0.1, 0.15) is 41.1 Å². The Labute approximate surface area is 259 Å².